The van der Waals surface area contributed by atoms with Gasteiger partial charge in [-0.25, -0.2) is 14.6 Å². The molecule has 26 heavy (non-hydrogen) atoms. The van der Waals surface area contributed by atoms with Gasteiger partial charge in [-0.3, -0.25) is 4.79 Å². The maximum atomic E-state index is 12.8. The van der Waals surface area contributed by atoms with Gasteiger partial charge in [-0.15, -0.1) is 11.3 Å². The molecule has 1 amide bonds. The Morgan fingerprint density at radius 2 is 2.04 bits per heavy atom. The number of carbonyl (C=O) groups excluding carboxylic acids is 1. The SMILES string of the molecule is Cc1ccc(-c2nc(C(=O)N3CCC(n4cncn4)CC3)cs2)c(C)c1. The van der Waals surface area contributed by atoms with Gasteiger partial charge in [-0.2, -0.15) is 5.10 Å². The van der Waals surface area contributed by atoms with Gasteiger partial charge < -0.3 is 4.90 Å². The topological polar surface area (TPSA) is 63.9 Å². The number of rotatable bonds is 3. The third-order valence-electron chi connectivity index (χ3n) is 4.90. The molecule has 1 aromatic carbocycles. The number of amides is 1. The molecule has 0 unspecified atom stereocenters. The molecule has 0 N–H and O–H groups in total. The molecule has 2 aromatic heterocycles. The van der Waals surface area contributed by atoms with Crippen molar-refractivity contribution in [2.75, 3.05) is 13.1 Å². The standard InChI is InChI=1S/C19H21N5OS/c1-13-3-4-16(14(2)9-13)18-22-17(10-26-18)19(25)23-7-5-15(6-8-23)24-12-20-11-21-24/h3-4,9-12,15H,5-8H2,1-2H3. The third kappa shape index (κ3) is 3.26. The molecule has 0 spiro atoms. The van der Waals surface area contributed by atoms with E-state index in [1.165, 1.54) is 22.5 Å². The normalized spacial score (nSPS) is 15.4. The number of nitrogens with zero attached hydrogens (tertiary/aromatic N) is 5. The van der Waals surface area contributed by atoms with Gasteiger partial charge in [0.15, 0.2) is 0 Å². The van der Waals surface area contributed by atoms with Gasteiger partial charge >= 0.3 is 0 Å². The molecule has 7 heteroatoms. The van der Waals surface area contributed by atoms with E-state index in [2.05, 4.69) is 47.1 Å². The summed E-state index contributed by atoms with van der Waals surface area (Å²) in [6.45, 7) is 5.61. The van der Waals surface area contributed by atoms with Crippen molar-refractivity contribution >= 4 is 17.2 Å². The maximum absolute atomic E-state index is 12.8. The summed E-state index contributed by atoms with van der Waals surface area (Å²) in [5, 5.41) is 6.99. The van der Waals surface area contributed by atoms with Crippen LogP contribution in [0.25, 0.3) is 10.6 Å². The lowest BCUT2D eigenvalue weighted by atomic mass is 10.1. The number of likely N-dealkylation sites (tertiary alicyclic amines) is 1. The number of piperidine rings is 1. The van der Waals surface area contributed by atoms with Crippen molar-refractivity contribution in [2.24, 2.45) is 0 Å². The van der Waals surface area contributed by atoms with Crippen molar-refractivity contribution in [1.29, 1.82) is 0 Å². The Kier molecular flexibility index (Phi) is 4.55. The third-order valence-corrected chi connectivity index (χ3v) is 5.77. The summed E-state index contributed by atoms with van der Waals surface area (Å²) in [6.07, 6.45) is 5.09. The van der Waals surface area contributed by atoms with E-state index in [0.29, 0.717) is 11.7 Å². The summed E-state index contributed by atoms with van der Waals surface area (Å²) in [5.41, 5.74) is 4.06. The second kappa shape index (κ2) is 6.99. The minimum atomic E-state index is 0.0225. The molecule has 0 radical (unpaired) electrons. The molecule has 6 nitrogen and oxygen atoms in total. The summed E-state index contributed by atoms with van der Waals surface area (Å²) in [6, 6.07) is 6.64. The minimum Gasteiger partial charge on any atom is -0.337 e. The van der Waals surface area contributed by atoms with E-state index in [4.69, 9.17) is 0 Å². The Balaban J connectivity index is 1.45. The van der Waals surface area contributed by atoms with Crippen LogP contribution in [0.4, 0.5) is 0 Å². The Labute approximate surface area is 156 Å². The van der Waals surface area contributed by atoms with E-state index in [0.717, 1.165) is 36.5 Å². The minimum absolute atomic E-state index is 0.0225. The maximum Gasteiger partial charge on any atom is 0.273 e. The first-order valence-electron chi connectivity index (χ1n) is 8.78. The molecule has 3 heterocycles. The van der Waals surface area contributed by atoms with Crippen LogP contribution >= 0.6 is 11.3 Å². The average Bonchev–Trinajstić information content (AvgIpc) is 3.33. The highest BCUT2D eigenvalue weighted by Crippen LogP contribution is 2.29. The predicted molar refractivity (Wildman–Crippen MR) is 101 cm³/mol. The fraction of sp³-hybridized carbons (Fsp3) is 0.368. The first-order valence-corrected chi connectivity index (χ1v) is 9.66. The van der Waals surface area contributed by atoms with Crippen LogP contribution < -0.4 is 0 Å². The number of aryl methyl sites for hydroxylation is 2. The van der Waals surface area contributed by atoms with E-state index in [-0.39, 0.29) is 5.91 Å². The zero-order chi connectivity index (χ0) is 18.1. The van der Waals surface area contributed by atoms with Gasteiger partial charge in [0.25, 0.3) is 5.91 Å². The van der Waals surface area contributed by atoms with Crippen molar-refractivity contribution in [3.8, 4) is 10.6 Å². The van der Waals surface area contributed by atoms with Gasteiger partial charge in [0.05, 0.1) is 6.04 Å². The highest BCUT2D eigenvalue weighted by molar-refractivity contribution is 7.13. The van der Waals surface area contributed by atoms with E-state index in [1.807, 2.05) is 15.0 Å². The lowest BCUT2D eigenvalue weighted by molar-refractivity contribution is 0.0685. The lowest BCUT2D eigenvalue weighted by Gasteiger charge is -2.31. The fourth-order valence-electron chi connectivity index (χ4n) is 3.45. The van der Waals surface area contributed by atoms with Crippen LogP contribution in [-0.4, -0.2) is 43.6 Å². The van der Waals surface area contributed by atoms with Gasteiger partial charge in [-0.1, -0.05) is 23.8 Å². The number of hydrogen-bond donors (Lipinski definition) is 0. The quantitative estimate of drug-likeness (QED) is 0.711. The van der Waals surface area contributed by atoms with Crippen molar-refractivity contribution in [3.63, 3.8) is 0 Å². The van der Waals surface area contributed by atoms with E-state index in [9.17, 15) is 4.79 Å². The molecule has 3 aromatic rings. The molecule has 0 atom stereocenters. The highest BCUT2D eigenvalue weighted by atomic mass is 32.1. The Hall–Kier alpha value is -2.54. The predicted octanol–water partition coefficient (Wildman–Crippen LogP) is 3.50. The van der Waals surface area contributed by atoms with Crippen LogP contribution in [0.15, 0.2) is 36.2 Å². The van der Waals surface area contributed by atoms with Crippen LogP contribution in [0.3, 0.4) is 0 Å². The summed E-state index contributed by atoms with van der Waals surface area (Å²) in [7, 11) is 0. The molecule has 0 saturated carbocycles. The van der Waals surface area contributed by atoms with Crippen LogP contribution in [0.2, 0.25) is 0 Å². The summed E-state index contributed by atoms with van der Waals surface area (Å²) < 4.78 is 1.89. The number of benzene rings is 1. The van der Waals surface area contributed by atoms with Gasteiger partial charge in [-0.05, 0) is 32.3 Å². The molecule has 1 saturated heterocycles. The van der Waals surface area contributed by atoms with Crippen molar-refractivity contribution in [1.82, 2.24) is 24.6 Å². The van der Waals surface area contributed by atoms with Gasteiger partial charge in [0, 0.05) is 24.0 Å². The first-order chi connectivity index (χ1) is 12.6. The highest BCUT2D eigenvalue weighted by Gasteiger charge is 2.26. The number of carbonyl (C=O) groups is 1. The molecular formula is C19H21N5OS. The molecule has 0 aliphatic carbocycles. The second-order valence-electron chi connectivity index (χ2n) is 6.76. The van der Waals surface area contributed by atoms with Gasteiger partial charge in [0.1, 0.15) is 23.4 Å². The van der Waals surface area contributed by atoms with E-state index in [1.54, 1.807) is 12.7 Å². The van der Waals surface area contributed by atoms with Gasteiger partial charge in [0.2, 0.25) is 0 Å². The van der Waals surface area contributed by atoms with E-state index >= 15 is 0 Å². The number of hydrogen-bond acceptors (Lipinski definition) is 5. The molecular weight excluding hydrogens is 346 g/mol. The zero-order valence-corrected chi connectivity index (χ0v) is 15.7. The van der Waals surface area contributed by atoms with Crippen LogP contribution in [0.5, 0.6) is 0 Å². The van der Waals surface area contributed by atoms with Crippen LogP contribution in [0.1, 0.15) is 40.5 Å². The van der Waals surface area contributed by atoms with Crippen LogP contribution in [0, 0.1) is 13.8 Å². The van der Waals surface area contributed by atoms with Crippen LogP contribution in [-0.2, 0) is 0 Å². The molecule has 0 bridgehead atoms. The van der Waals surface area contributed by atoms with Crippen molar-refractivity contribution in [3.05, 3.63) is 53.1 Å². The van der Waals surface area contributed by atoms with Crippen molar-refractivity contribution < 1.29 is 4.79 Å². The molecule has 1 aliphatic heterocycles. The Bertz CT molecular complexity index is 910. The summed E-state index contributed by atoms with van der Waals surface area (Å²) in [4.78, 5) is 23.3. The average molecular weight is 367 g/mol. The molecule has 134 valence electrons. The summed E-state index contributed by atoms with van der Waals surface area (Å²) in [5.74, 6) is 0.0225. The molecule has 4 rings (SSSR count). The lowest BCUT2D eigenvalue weighted by Crippen LogP contribution is -2.39. The second-order valence-corrected chi connectivity index (χ2v) is 7.61. The smallest absolute Gasteiger partial charge is 0.273 e. The monoisotopic (exact) mass is 367 g/mol. The molecule has 1 fully saturated rings. The molecule has 1 aliphatic rings. The number of aromatic nitrogens is 4. The van der Waals surface area contributed by atoms with E-state index < -0.39 is 0 Å². The Morgan fingerprint density at radius 1 is 1.23 bits per heavy atom. The van der Waals surface area contributed by atoms with Crippen molar-refractivity contribution in [2.45, 2.75) is 32.7 Å². The summed E-state index contributed by atoms with van der Waals surface area (Å²) >= 11 is 1.53. The zero-order valence-electron chi connectivity index (χ0n) is 14.9. The number of thiazole rings is 1. The first kappa shape index (κ1) is 16.9. The fourth-order valence-corrected chi connectivity index (χ4v) is 4.33. The largest absolute Gasteiger partial charge is 0.337 e. The Morgan fingerprint density at radius 3 is 2.73 bits per heavy atom.